The van der Waals surface area contributed by atoms with Crippen molar-refractivity contribution < 1.29 is 9.59 Å². The van der Waals surface area contributed by atoms with Crippen LogP contribution < -0.4 is 10.6 Å². The van der Waals surface area contributed by atoms with Gasteiger partial charge in [0.05, 0.1) is 5.54 Å². The average Bonchev–Trinajstić information content (AvgIpc) is 2.60. The van der Waals surface area contributed by atoms with E-state index in [1.165, 1.54) is 32.1 Å². The minimum atomic E-state index is -0.709. The lowest BCUT2D eigenvalue weighted by atomic mass is 9.75. The van der Waals surface area contributed by atoms with Gasteiger partial charge in [-0.1, -0.05) is 32.1 Å². The van der Waals surface area contributed by atoms with Gasteiger partial charge in [-0.05, 0) is 43.9 Å². The van der Waals surface area contributed by atoms with E-state index in [9.17, 15) is 9.59 Å². The molecule has 0 aromatic carbocycles. The highest BCUT2D eigenvalue weighted by Crippen LogP contribution is 2.34. The van der Waals surface area contributed by atoms with Crippen molar-refractivity contribution in [2.45, 2.75) is 82.6 Å². The summed E-state index contributed by atoms with van der Waals surface area (Å²) < 4.78 is 0. The van der Waals surface area contributed by atoms with Gasteiger partial charge in [-0.15, -0.1) is 0 Å². The van der Waals surface area contributed by atoms with Crippen LogP contribution in [0.5, 0.6) is 0 Å². The van der Waals surface area contributed by atoms with E-state index in [2.05, 4.69) is 10.6 Å². The maximum absolute atomic E-state index is 12.0. The molecule has 2 saturated carbocycles. The molecule has 0 aromatic rings. The van der Waals surface area contributed by atoms with Crippen LogP contribution in [0, 0.1) is 17.2 Å². The smallest absolute Gasteiger partial charge is 0.188 e. The number of rotatable bonds is 7. The number of ketones is 1. The van der Waals surface area contributed by atoms with Gasteiger partial charge < -0.3 is 15.4 Å². The molecule has 3 N–H and O–H groups in total. The maximum atomic E-state index is 12.0. The van der Waals surface area contributed by atoms with Crippen molar-refractivity contribution in [3.63, 3.8) is 0 Å². The number of hydrogen-bond donors (Lipinski definition) is 3. The van der Waals surface area contributed by atoms with Crippen molar-refractivity contribution >= 4 is 18.0 Å². The van der Waals surface area contributed by atoms with E-state index in [-0.39, 0.29) is 11.9 Å². The summed E-state index contributed by atoms with van der Waals surface area (Å²) in [4.78, 5) is 23.8. The molecular weight excluding hydrogens is 302 g/mol. The van der Waals surface area contributed by atoms with E-state index < -0.39 is 5.54 Å². The monoisotopic (exact) mass is 335 g/mol. The molecule has 0 aliphatic heterocycles. The second-order valence-electron chi connectivity index (χ2n) is 7.77. The highest BCUT2D eigenvalue weighted by Gasteiger charge is 2.35. The van der Waals surface area contributed by atoms with Crippen LogP contribution in [0.4, 0.5) is 0 Å². The van der Waals surface area contributed by atoms with Crippen LogP contribution in [-0.4, -0.2) is 30.6 Å². The normalized spacial score (nSPS) is 24.9. The Balaban J connectivity index is 2.01. The van der Waals surface area contributed by atoms with Crippen molar-refractivity contribution in [1.82, 2.24) is 10.6 Å². The third-order valence-electron chi connectivity index (χ3n) is 5.81. The molecule has 0 heterocycles. The van der Waals surface area contributed by atoms with Crippen LogP contribution in [-0.2, 0) is 9.59 Å². The molecule has 0 spiro atoms. The molecule has 0 saturated heterocycles. The molecule has 136 valence electrons. The van der Waals surface area contributed by atoms with E-state index in [1.807, 2.05) is 0 Å². The molecule has 2 rings (SSSR count). The second-order valence-corrected chi connectivity index (χ2v) is 7.77. The zero-order chi connectivity index (χ0) is 17.4. The summed E-state index contributed by atoms with van der Waals surface area (Å²) in [5, 5.41) is 13.8. The lowest BCUT2D eigenvalue weighted by molar-refractivity contribution is -0.122. The molecule has 24 heavy (non-hydrogen) atoms. The topological polar surface area (TPSA) is 82.1 Å². The predicted octanol–water partition coefficient (Wildman–Crippen LogP) is 3.18. The van der Waals surface area contributed by atoms with Gasteiger partial charge in [0, 0.05) is 19.9 Å². The summed E-state index contributed by atoms with van der Waals surface area (Å²) in [7, 11) is 1.69. The zero-order valence-corrected chi connectivity index (χ0v) is 15.0. The summed E-state index contributed by atoms with van der Waals surface area (Å²) in [6.07, 6.45) is 13.1. The zero-order valence-electron chi connectivity index (χ0n) is 15.0. The Morgan fingerprint density at radius 3 is 2.54 bits per heavy atom. The predicted molar refractivity (Wildman–Crippen MR) is 96.1 cm³/mol. The summed E-state index contributed by atoms with van der Waals surface area (Å²) in [5.41, 5.74) is -0.709. The Bertz CT molecular complexity index is 446. The van der Waals surface area contributed by atoms with E-state index >= 15 is 0 Å². The third kappa shape index (κ3) is 5.60. The second kappa shape index (κ2) is 9.19. The van der Waals surface area contributed by atoms with Gasteiger partial charge >= 0.3 is 0 Å². The number of nitrogens with one attached hydrogen (secondary N) is 3. The Morgan fingerprint density at radius 2 is 1.92 bits per heavy atom. The molecule has 2 atom stereocenters. The number of aldehydes is 1. The number of guanidine groups is 1. The van der Waals surface area contributed by atoms with Gasteiger partial charge in [0.25, 0.3) is 0 Å². The fourth-order valence-electron chi connectivity index (χ4n) is 4.40. The van der Waals surface area contributed by atoms with Crippen LogP contribution in [0.2, 0.25) is 0 Å². The van der Waals surface area contributed by atoms with Crippen molar-refractivity contribution in [2.75, 3.05) is 7.05 Å². The van der Waals surface area contributed by atoms with Crippen molar-refractivity contribution in [2.24, 2.45) is 11.8 Å². The average molecular weight is 335 g/mol. The molecular formula is C19H33N3O2. The van der Waals surface area contributed by atoms with Crippen LogP contribution >= 0.6 is 0 Å². The summed E-state index contributed by atoms with van der Waals surface area (Å²) >= 11 is 0. The highest BCUT2D eigenvalue weighted by molar-refractivity contribution is 5.82. The first kappa shape index (κ1) is 18.9. The SMILES string of the molecule is CNC(=N)N[C@](C=O)(CCC1CCCCC1)C[C@@H]1CCCC(=O)C1. The summed E-state index contributed by atoms with van der Waals surface area (Å²) in [6, 6.07) is 0. The number of carbonyl (C=O) groups excluding carboxylic acids is 2. The Hall–Kier alpha value is -1.39. The number of hydrogen-bond acceptors (Lipinski definition) is 3. The van der Waals surface area contributed by atoms with Crippen LogP contribution in [0.15, 0.2) is 0 Å². The molecule has 0 unspecified atom stereocenters. The number of Topliss-reactive ketones (excluding diaryl/α,β-unsaturated/α-hetero) is 1. The van der Waals surface area contributed by atoms with Gasteiger partial charge in [-0.3, -0.25) is 10.2 Å². The minimum absolute atomic E-state index is 0.188. The van der Waals surface area contributed by atoms with Gasteiger partial charge in [0.1, 0.15) is 12.1 Å². The fourth-order valence-corrected chi connectivity index (χ4v) is 4.40. The molecule has 5 heteroatoms. The molecule has 2 aliphatic carbocycles. The summed E-state index contributed by atoms with van der Waals surface area (Å²) in [5.74, 6) is 1.48. The lowest BCUT2D eigenvalue weighted by Gasteiger charge is -2.36. The first-order chi connectivity index (χ1) is 11.6. The van der Waals surface area contributed by atoms with E-state index in [0.717, 1.165) is 32.0 Å². The Kier molecular flexibility index (Phi) is 7.25. The van der Waals surface area contributed by atoms with E-state index in [0.29, 0.717) is 31.0 Å². The molecule has 0 amide bonds. The van der Waals surface area contributed by atoms with Crippen molar-refractivity contribution in [3.8, 4) is 0 Å². The van der Waals surface area contributed by atoms with Gasteiger partial charge in [-0.25, -0.2) is 0 Å². The van der Waals surface area contributed by atoms with Crippen LogP contribution in [0.25, 0.3) is 0 Å². The minimum Gasteiger partial charge on any atom is -0.360 e. The fraction of sp³-hybridized carbons (Fsp3) is 0.842. The first-order valence-electron chi connectivity index (χ1n) is 9.59. The molecule has 0 radical (unpaired) electrons. The quantitative estimate of drug-likeness (QED) is 0.379. The number of carbonyl (C=O) groups is 2. The highest BCUT2D eigenvalue weighted by atomic mass is 16.1. The van der Waals surface area contributed by atoms with Gasteiger partial charge in [-0.2, -0.15) is 0 Å². The van der Waals surface area contributed by atoms with E-state index in [1.54, 1.807) is 7.05 Å². The third-order valence-corrected chi connectivity index (χ3v) is 5.81. The Labute approximate surface area is 145 Å². The largest absolute Gasteiger partial charge is 0.360 e. The van der Waals surface area contributed by atoms with E-state index in [4.69, 9.17) is 5.41 Å². The molecule has 0 aromatic heterocycles. The van der Waals surface area contributed by atoms with Gasteiger partial charge in [0.15, 0.2) is 5.96 Å². The first-order valence-corrected chi connectivity index (χ1v) is 9.59. The molecule has 0 bridgehead atoms. The maximum Gasteiger partial charge on any atom is 0.188 e. The van der Waals surface area contributed by atoms with Crippen LogP contribution in [0.1, 0.15) is 77.0 Å². The summed E-state index contributed by atoms with van der Waals surface area (Å²) in [6.45, 7) is 0. The Morgan fingerprint density at radius 1 is 1.21 bits per heavy atom. The van der Waals surface area contributed by atoms with Crippen molar-refractivity contribution in [1.29, 1.82) is 5.41 Å². The molecule has 2 fully saturated rings. The van der Waals surface area contributed by atoms with Crippen LogP contribution in [0.3, 0.4) is 0 Å². The molecule has 5 nitrogen and oxygen atoms in total. The molecule has 2 aliphatic rings. The van der Waals surface area contributed by atoms with Gasteiger partial charge in [0.2, 0.25) is 0 Å². The standard InChI is InChI=1S/C19H33N3O2/c1-21-18(20)22-19(14-23,11-10-15-6-3-2-4-7-15)13-16-8-5-9-17(24)12-16/h14-16H,2-13H2,1H3,(H3,20,21,22)/t16-,19-/m1/s1. The van der Waals surface area contributed by atoms with Crippen molar-refractivity contribution in [3.05, 3.63) is 0 Å². The lowest BCUT2D eigenvalue weighted by Crippen LogP contribution is -2.54.